The molecule has 0 fully saturated rings. The lowest BCUT2D eigenvalue weighted by Crippen LogP contribution is -2.59. The summed E-state index contributed by atoms with van der Waals surface area (Å²) in [4.78, 5) is 41.7. The van der Waals surface area contributed by atoms with Gasteiger partial charge in [0.05, 0.1) is 12.6 Å². The summed E-state index contributed by atoms with van der Waals surface area (Å²) in [6.45, 7) is 13.3. The van der Waals surface area contributed by atoms with Crippen molar-refractivity contribution in [2.24, 2.45) is 0 Å². The van der Waals surface area contributed by atoms with Gasteiger partial charge in [0.25, 0.3) is 11.8 Å². The molecule has 2 heterocycles. The van der Waals surface area contributed by atoms with Crippen LogP contribution in [0.5, 0.6) is 5.75 Å². The number of ether oxygens (including phenoxy) is 1. The van der Waals surface area contributed by atoms with Crippen molar-refractivity contribution in [3.63, 3.8) is 0 Å². The van der Waals surface area contributed by atoms with E-state index < -0.39 is 28.9 Å². The molecule has 198 valence electrons. The van der Waals surface area contributed by atoms with Crippen LogP contribution in [0.25, 0.3) is 0 Å². The SMILES string of the molecule is C=CC(C)N1CN([C@@H](C)C=C)C(=O)c2c(OCCCC)c(=O)c(C(=O)NCc3ccc(F)cc3F)cn21. The topological polar surface area (TPSA) is 83.9 Å². The van der Waals surface area contributed by atoms with E-state index in [-0.39, 0.29) is 54.5 Å². The van der Waals surface area contributed by atoms with Gasteiger partial charge < -0.3 is 15.0 Å². The van der Waals surface area contributed by atoms with E-state index in [4.69, 9.17) is 4.74 Å². The van der Waals surface area contributed by atoms with Crippen LogP contribution in [0.15, 0.2) is 54.5 Å². The maximum atomic E-state index is 14.1. The predicted octanol–water partition coefficient (Wildman–Crippen LogP) is 3.74. The van der Waals surface area contributed by atoms with Crippen molar-refractivity contribution in [1.82, 2.24) is 14.9 Å². The summed E-state index contributed by atoms with van der Waals surface area (Å²) in [6.07, 6.45) is 6.00. The second kappa shape index (κ2) is 11.9. The first kappa shape index (κ1) is 27.6. The number of aromatic nitrogens is 1. The van der Waals surface area contributed by atoms with Gasteiger partial charge in [-0.25, -0.2) is 8.78 Å². The smallest absolute Gasteiger partial charge is 0.278 e. The Hall–Kier alpha value is -3.95. The molecule has 37 heavy (non-hydrogen) atoms. The van der Waals surface area contributed by atoms with Crippen LogP contribution in [0.3, 0.4) is 0 Å². The molecule has 1 aromatic heterocycles. The number of benzene rings is 1. The first-order valence-corrected chi connectivity index (χ1v) is 12.1. The van der Waals surface area contributed by atoms with Gasteiger partial charge in [-0.15, -0.1) is 13.2 Å². The minimum Gasteiger partial charge on any atom is -0.487 e. The summed E-state index contributed by atoms with van der Waals surface area (Å²) >= 11 is 0. The lowest BCUT2D eigenvalue weighted by molar-refractivity contribution is 0.0642. The Bertz CT molecular complexity index is 1260. The zero-order valence-corrected chi connectivity index (χ0v) is 21.3. The first-order chi connectivity index (χ1) is 17.6. The molecule has 1 aliphatic heterocycles. The Kier molecular flexibility index (Phi) is 8.86. The van der Waals surface area contributed by atoms with Crippen LogP contribution < -0.4 is 20.5 Å². The van der Waals surface area contributed by atoms with Crippen LogP contribution in [0.4, 0.5) is 8.78 Å². The van der Waals surface area contributed by atoms with Crippen molar-refractivity contribution >= 4 is 11.8 Å². The second-order valence-electron chi connectivity index (χ2n) is 8.82. The number of rotatable bonds is 11. The van der Waals surface area contributed by atoms with Gasteiger partial charge in [-0.1, -0.05) is 31.6 Å². The van der Waals surface area contributed by atoms with Crippen molar-refractivity contribution in [3.05, 3.63) is 88.4 Å². The number of nitrogens with zero attached hydrogens (tertiary/aromatic N) is 3. The molecule has 8 nitrogen and oxygen atoms in total. The third kappa shape index (κ3) is 5.73. The van der Waals surface area contributed by atoms with Crippen LogP contribution in [0, 0.1) is 11.6 Å². The van der Waals surface area contributed by atoms with Crippen LogP contribution >= 0.6 is 0 Å². The van der Waals surface area contributed by atoms with E-state index >= 15 is 0 Å². The molecular weight excluding hydrogens is 482 g/mol. The lowest BCUT2D eigenvalue weighted by Gasteiger charge is -2.44. The molecule has 2 aromatic rings. The highest BCUT2D eigenvalue weighted by molar-refractivity contribution is 5.99. The molecule has 1 N–H and O–H groups in total. The minimum absolute atomic E-state index is 0.00381. The molecule has 0 spiro atoms. The highest BCUT2D eigenvalue weighted by atomic mass is 19.1. The summed E-state index contributed by atoms with van der Waals surface area (Å²) in [5.74, 6) is -3.02. The fourth-order valence-corrected chi connectivity index (χ4v) is 3.84. The van der Waals surface area contributed by atoms with Crippen molar-refractivity contribution in [2.75, 3.05) is 18.3 Å². The van der Waals surface area contributed by atoms with Crippen LogP contribution in [0.2, 0.25) is 0 Å². The number of nitrogens with one attached hydrogen (secondary N) is 1. The van der Waals surface area contributed by atoms with E-state index in [0.717, 1.165) is 12.5 Å². The third-order valence-electron chi connectivity index (χ3n) is 6.27. The molecule has 2 atom stereocenters. The molecule has 1 unspecified atom stereocenters. The first-order valence-electron chi connectivity index (χ1n) is 12.1. The molecule has 10 heteroatoms. The Morgan fingerprint density at radius 3 is 2.51 bits per heavy atom. The Balaban J connectivity index is 2.11. The third-order valence-corrected chi connectivity index (χ3v) is 6.27. The maximum absolute atomic E-state index is 14.1. The maximum Gasteiger partial charge on any atom is 0.278 e. The number of carbonyl (C=O) groups is 2. The number of amides is 2. The molecule has 0 aliphatic carbocycles. The molecule has 0 bridgehead atoms. The fourth-order valence-electron chi connectivity index (χ4n) is 3.84. The Morgan fingerprint density at radius 1 is 1.19 bits per heavy atom. The van der Waals surface area contributed by atoms with Gasteiger partial charge >= 0.3 is 0 Å². The van der Waals surface area contributed by atoms with E-state index in [1.54, 1.807) is 22.1 Å². The van der Waals surface area contributed by atoms with Gasteiger partial charge in [-0.05, 0) is 26.3 Å². The van der Waals surface area contributed by atoms with Gasteiger partial charge in [-0.3, -0.25) is 24.1 Å². The lowest BCUT2D eigenvalue weighted by atomic mass is 10.1. The van der Waals surface area contributed by atoms with Crippen molar-refractivity contribution in [3.8, 4) is 5.75 Å². The van der Waals surface area contributed by atoms with E-state index in [1.807, 2.05) is 20.8 Å². The van der Waals surface area contributed by atoms with Crippen molar-refractivity contribution in [1.29, 1.82) is 0 Å². The molecular formula is C27H32F2N4O4. The van der Waals surface area contributed by atoms with Gasteiger partial charge in [0.15, 0.2) is 11.4 Å². The predicted molar refractivity (Wildman–Crippen MR) is 137 cm³/mol. The molecule has 1 aromatic carbocycles. The van der Waals surface area contributed by atoms with Crippen molar-refractivity contribution in [2.45, 2.75) is 52.2 Å². The quantitative estimate of drug-likeness (QED) is 0.365. The van der Waals surface area contributed by atoms with Crippen molar-refractivity contribution < 1.29 is 23.1 Å². The van der Waals surface area contributed by atoms with Gasteiger partial charge in [0, 0.05) is 30.4 Å². The Labute approximate surface area is 214 Å². The monoisotopic (exact) mass is 514 g/mol. The zero-order chi connectivity index (χ0) is 27.3. The molecule has 0 saturated carbocycles. The fraction of sp³-hybridized carbons (Fsp3) is 0.370. The van der Waals surface area contributed by atoms with Crippen LogP contribution in [-0.2, 0) is 6.54 Å². The summed E-state index contributed by atoms with van der Waals surface area (Å²) in [6, 6.07) is 2.37. The number of carbonyl (C=O) groups excluding carboxylic acids is 2. The van der Waals surface area contributed by atoms with E-state index in [0.29, 0.717) is 12.5 Å². The standard InChI is InChI=1S/C27H32F2N4O4/c1-6-9-12-37-25-23-27(36)31(17(4)7-2)16-33(18(5)8-3)32(23)15-21(24(25)34)26(35)30-14-19-10-11-20(28)13-22(19)29/h7-8,10-11,13,15,17-18H,2-3,6,9,12,14,16H2,1,4-5H3,(H,30,35)/t17-,18?/m0/s1. The Morgan fingerprint density at radius 2 is 1.89 bits per heavy atom. The zero-order valence-electron chi connectivity index (χ0n) is 21.3. The number of hydrogen-bond donors (Lipinski definition) is 1. The van der Waals surface area contributed by atoms with E-state index in [1.165, 1.54) is 16.9 Å². The molecule has 2 amide bonds. The molecule has 0 saturated heterocycles. The second-order valence-corrected chi connectivity index (χ2v) is 8.82. The number of fused-ring (bicyclic) bond motifs is 1. The average Bonchev–Trinajstić information content (AvgIpc) is 2.88. The summed E-state index contributed by atoms with van der Waals surface area (Å²) in [5.41, 5.74) is -0.988. The summed E-state index contributed by atoms with van der Waals surface area (Å²) in [5, 5.41) is 4.28. The van der Waals surface area contributed by atoms with Crippen LogP contribution in [-0.4, -0.2) is 46.7 Å². The number of hydrogen-bond acceptors (Lipinski definition) is 5. The number of unbranched alkanes of at least 4 members (excludes halogenated alkanes) is 1. The average molecular weight is 515 g/mol. The molecule has 0 radical (unpaired) electrons. The van der Waals surface area contributed by atoms with Crippen LogP contribution in [0.1, 0.15) is 60.0 Å². The highest BCUT2D eigenvalue weighted by Crippen LogP contribution is 2.25. The number of pyridine rings is 1. The largest absolute Gasteiger partial charge is 0.487 e. The number of halogens is 2. The summed E-state index contributed by atoms with van der Waals surface area (Å²) < 4.78 is 34.6. The summed E-state index contributed by atoms with van der Waals surface area (Å²) in [7, 11) is 0. The highest BCUT2D eigenvalue weighted by Gasteiger charge is 2.37. The molecule has 3 rings (SSSR count). The van der Waals surface area contributed by atoms with E-state index in [2.05, 4.69) is 18.5 Å². The normalized spacial score (nSPS) is 14.6. The molecule has 1 aliphatic rings. The van der Waals surface area contributed by atoms with Gasteiger partial charge in [-0.2, -0.15) is 0 Å². The van der Waals surface area contributed by atoms with Gasteiger partial charge in [0.2, 0.25) is 5.43 Å². The van der Waals surface area contributed by atoms with Gasteiger partial charge in [0.1, 0.15) is 23.9 Å². The minimum atomic E-state index is -0.820. The van der Waals surface area contributed by atoms with E-state index in [9.17, 15) is 23.2 Å².